The zero-order valence-electron chi connectivity index (χ0n) is 19.7. The van der Waals surface area contributed by atoms with Crippen LogP contribution in [0.5, 0.6) is 0 Å². The second kappa shape index (κ2) is 17.4. The Balaban J connectivity index is 0.000000497. The standard InChI is InChI=1S/2C12H10F.C4H10Si.2ClH.Zr/c2*1-9-3-2-4-12(9)10-5-7-11(13)8-6-10;1-2-4-5-3-1;;;/h2*4-8H,2H2,1H3;1-5H2;2*1H;/q2*-1;;;;+4/p-2. The van der Waals surface area contributed by atoms with E-state index in [1.54, 1.807) is 49.2 Å². The van der Waals surface area contributed by atoms with Crippen molar-refractivity contribution in [1.29, 1.82) is 0 Å². The van der Waals surface area contributed by atoms with Crippen LogP contribution in [0.1, 0.15) is 50.7 Å². The van der Waals surface area contributed by atoms with Gasteiger partial charge in [0.15, 0.2) is 0 Å². The van der Waals surface area contributed by atoms with E-state index in [-0.39, 0.29) is 62.7 Å². The van der Waals surface area contributed by atoms with Gasteiger partial charge in [0, 0.05) is 9.52 Å². The first-order valence-corrected chi connectivity index (χ1v) is 13.1. The molecule has 178 valence electrons. The molecule has 3 aliphatic rings. The fourth-order valence-corrected chi connectivity index (χ4v) is 5.69. The van der Waals surface area contributed by atoms with E-state index in [9.17, 15) is 8.78 Å². The van der Waals surface area contributed by atoms with Gasteiger partial charge in [-0.15, -0.1) is 24.0 Å². The quantitative estimate of drug-likeness (QED) is 0.366. The second-order valence-electron chi connectivity index (χ2n) is 8.03. The Labute approximate surface area is 237 Å². The number of rotatable bonds is 2. The molecule has 0 aromatic heterocycles. The number of halogens is 4. The average molecular weight is 595 g/mol. The monoisotopic (exact) mass is 592 g/mol. The van der Waals surface area contributed by atoms with Gasteiger partial charge in [0.25, 0.3) is 0 Å². The van der Waals surface area contributed by atoms with Crippen LogP contribution in [0.4, 0.5) is 8.78 Å². The molecule has 0 saturated carbocycles. The first kappa shape index (κ1) is 32.9. The Morgan fingerprint density at radius 2 is 1.00 bits per heavy atom. The number of hydrogen-bond acceptors (Lipinski definition) is 0. The van der Waals surface area contributed by atoms with E-state index in [1.807, 2.05) is 13.8 Å². The van der Waals surface area contributed by atoms with Gasteiger partial charge < -0.3 is 24.8 Å². The van der Waals surface area contributed by atoms with Crippen molar-refractivity contribution in [2.75, 3.05) is 0 Å². The van der Waals surface area contributed by atoms with Crippen LogP contribution in [0.2, 0.25) is 12.1 Å². The third-order valence-corrected chi connectivity index (χ3v) is 7.72. The maximum absolute atomic E-state index is 12.6. The molecule has 1 heterocycles. The fourth-order valence-electron chi connectivity index (χ4n) is 3.92. The minimum atomic E-state index is -0.187. The van der Waals surface area contributed by atoms with Crippen molar-refractivity contribution >= 4 is 20.7 Å². The summed E-state index contributed by atoms with van der Waals surface area (Å²) in [7, 11) is 0.543. The molecule has 0 radical (unpaired) electrons. The maximum atomic E-state index is 12.6. The summed E-state index contributed by atoms with van der Waals surface area (Å²) in [5, 5.41) is 0. The molecule has 0 atom stereocenters. The van der Waals surface area contributed by atoms with Crippen LogP contribution in [0.15, 0.2) is 71.8 Å². The van der Waals surface area contributed by atoms with E-state index in [4.69, 9.17) is 0 Å². The molecular weight excluding hydrogens is 565 g/mol. The first-order valence-electron chi connectivity index (χ1n) is 11.1. The predicted molar refractivity (Wildman–Crippen MR) is 130 cm³/mol. The van der Waals surface area contributed by atoms with Crippen molar-refractivity contribution in [1.82, 2.24) is 0 Å². The molecule has 0 spiro atoms. The van der Waals surface area contributed by atoms with Crippen molar-refractivity contribution in [3.63, 3.8) is 0 Å². The SMILES string of the molecule is C1CC[SiH2]C1.CC1=[C-]CC=C1c1ccc(F)cc1.CC1=[C-]CC=C1c1ccc(F)cc1.[Cl-].[Cl-].[Zr+4]. The van der Waals surface area contributed by atoms with E-state index in [0.717, 1.165) is 35.1 Å². The summed E-state index contributed by atoms with van der Waals surface area (Å²) in [5.74, 6) is -0.374. The molecular formula is C28H30Cl2F2SiZr. The van der Waals surface area contributed by atoms with Crippen LogP contribution < -0.4 is 24.8 Å². The van der Waals surface area contributed by atoms with Gasteiger partial charge in [0.1, 0.15) is 11.6 Å². The van der Waals surface area contributed by atoms with Crippen LogP contribution in [-0.2, 0) is 26.2 Å². The van der Waals surface area contributed by atoms with Crippen molar-refractivity contribution in [3.05, 3.63) is 107 Å². The van der Waals surface area contributed by atoms with Crippen LogP contribution in [0.3, 0.4) is 0 Å². The summed E-state index contributed by atoms with van der Waals surface area (Å²) in [6, 6.07) is 16.4. The number of benzene rings is 2. The Morgan fingerprint density at radius 1 is 0.647 bits per heavy atom. The average Bonchev–Trinajstić information content (AvgIpc) is 3.54. The van der Waals surface area contributed by atoms with Crippen LogP contribution >= 0.6 is 0 Å². The molecule has 2 aliphatic carbocycles. The van der Waals surface area contributed by atoms with Gasteiger partial charge >= 0.3 is 26.2 Å². The van der Waals surface area contributed by atoms with Crippen molar-refractivity contribution in [2.24, 2.45) is 0 Å². The van der Waals surface area contributed by atoms with Gasteiger partial charge in [-0.05, 0) is 24.3 Å². The third kappa shape index (κ3) is 10.3. The van der Waals surface area contributed by atoms with E-state index in [0.29, 0.717) is 9.52 Å². The smallest absolute Gasteiger partial charge is 1.00 e. The summed E-state index contributed by atoms with van der Waals surface area (Å²) in [6.45, 7) is 4.06. The van der Waals surface area contributed by atoms with Gasteiger partial charge in [-0.3, -0.25) is 12.2 Å². The van der Waals surface area contributed by atoms with Crippen molar-refractivity contribution < 1.29 is 59.8 Å². The molecule has 5 rings (SSSR count). The summed E-state index contributed by atoms with van der Waals surface area (Å²) in [4.78, 5) is 0. The van der Waals surface area contributed by atoms with Gasteiger partial charge in [-0.25, -0.2) is 19.9 Å². The van der Waals surface area contributed by atoms with Gasteiger partial charge in [-0.2, -0.15) is 23.3 Å². The summed E-state index contributed by atoms with van der Waals surface area (Å²) >= 11 is 0. The molecule has 0 unspecified atom stereocenters. The molecule has 0 amide bonds. The van der Waals surface area contributed by atoms with Crippen LogP contribution in [0, 0.1) is 23.8 Å². The molecule has 1 fully saturated rings. The van der Waals surface area contributed by atoms with E-state index < -0.39 is 0 Å². The first-order chi connectivity index (χ1) is 15.0. The minimum absolute atomic E-state index is 0. The topological polar surface area (TPSA) is 0 Å². The molecule has 6 heteroatoms. The fraction of sp³-hybridized carbons (Fsp3) is 0.286. The van der Waals surface area contributed by atoms with E-state index >= 15 is 0 Å². The molecule has 0 N–H and O–H groups in total. The molecule has 2 aromatic rings. The van der Waals surface area contributed by atoms with Crippen LogP contribution in [-0.4, -0.2) is 9.52 Å². The maximum Gasteiger partial charge on any atom is 4.00 e. The number of allylic oxidation sites excluding steroid dienone is 8. The molecule has 0 bridgehead atoms. The summed E-state index contributed by atoms with van der Waals surface area (Å²) < 4.78 is 25.3. The Bertz CT molecular complexity index is 905. The molecule has 1 saturated heterocycles. The number of hydrogen-bond donors (Lipinski definition) is 0. The van der Waals surface area contributed by atoms with Crippen molar-refractivity contribution in [2.45, 2.75) is 51.6 Å². The Morgan fingerprint density at radius 3 is 1.24 bits per heavy atom. The largest absolute Gasteiger partial charge is 4.00 e. The second-order valence-corrected chi connectivity index (χ2v) is 10.2. The Hall–Kier alpha value is -1.06. The van der Waals surface area contributed by atoms with Gasteiger partial charge in [-0.1, -0.05) is 63.0 Å². The minimum Gasteiger partial charge on any atom is -1.00 e. The van der Waals surface area contributed by atoms with E-state index in [1.165, 1.54) is 35.4 Å². The zero-order chi connectivity index (χ0) is 22.1. The third-order valence-electron chi connectivity index (χ3n) is 5.72. The summed E-state index contributed by atoms with van der Waals surface area (Å²) in [5.41, 5.74) is 6.83. The Kier molecular flexibility index (Phi) is 16.8. The zero-order valence-corrected chi connectivity index (χ0v) is 25.1. The van der Waals surface area contributed by atoms with Crippen molar-refractivity contribution in [3.8, 4) is 0 Å². The van der Waals surface area contributed by atoms with Gasteiger partial charge in [0.05, 0.1) is 0 Å². The molecule has 34 heavy (non-hydrogen) atoms. The molecule has 0 nitrogen and oxygen atoms in total. The van der Waals surface area contributed by atoms with E-state index in [2.05, 4.69) is 24.3 Å². The normalized spacial score (nSPS) is 15.4. The van der Waals surface area contributed by atoms with Crippen LogP contribution in [0.25, 0.3) is 11.1 Å². The van der Waals surface area contributed by atoms with Gasteiger partial charge in [0.2, 0.25) is 0 Å². The molecule has 2 aromatic carbocycles. The predicted octanol–water partition coefficient (Wildman–Crippen LogP) is 1.52. The summed E-state index contributed by atoms with van der Waals surface area (Å²) in [6.07, 6.45) is 15.5. The molecule has 1 aliphatic heterocycles.